The maximum absolute atomic E-state index is 13.1. The molecule has 0 aliphatic heterocycles. The van der Waals surface area contributed by atoms with Gasteiger partial charge < -0.3 is 0 Å². The van der Waals surface area contributed by atoms with Crippen LogP contribution in [-0.2, 0) is 0 Å². The van der Waals surface area contributed by atoms with Crippen molar-refractivity contribution in [1.82, 2.24) is 0 Å². The van der Waals surface area contributed by atoms with Crippen LogP contribution in [0.5, 0.6) is 0 Å². The van der Waals surface area contributed by atoms with Crippen molar-refractivity contribution in [2.24, 2.45) is 5.92 Å². The van der Waals surface area contributed by atoms with Gasteiger partial charge in [0.15, 0.2) is 5.78 Å². The number of hydrogen-bond acceptors (Lipinski definition) is 1. The summed E-state index contributed by atoms with van der Waals surface area (Å²) in [7, 11) is 0. The Kier molecular flexibility index (Phi) is 2.08. The molecule has 0 amide bonds. The third-order valence-corrected chi connectivity index (χ3v) is 2.38. The molecule has 13 heavy (non-hydrogen) atoms. The molecule has 3 heteroatoms. The molecule has 1 aliphatic carbocycles. The maximum Gasteiger partial charge on any atom is 0.168 e. The van der Waals surface area contributed by atoms with Gasteiger partial charge in [0.05, 0.1) is 5.56 Å². The van der Waals surface area contributed by atoms with Crippen LogP contribution < -0.4 is 0 Å². The lowest BCUT2D eigenvalue weighted by Gasteiger charge is -2.00. The first-order chi connectivity index (χ1) is 6.18. The monoisotopic (exact) mass is 198 g/mol. The number of ketones is 1. The molecule has 0 saturated heterocycles. The third kappa shape index (κ3) is 1.73. The topological polar surface area (TPSA) is 17.1 Å². The second kappa shape index (κ2) is 3.11. The van der Waals surface area contributed by atoms with E-state index in [1.807, 2.05) is 0 Å². The van der Waals surface area contributed by atoms with Gasteiger partial charge in [-0.2, -0.15) is 0 Å². The van der Waals surface area contributed by atoms with Crippen molar-refractivity contribution in [1.29, 1.82) is 0 Å². The fourth-order valence-electron chi connectivity index (χ4n) is 1.25. The van der Waals surface area contributed by atoms with Gasteiger partial charge in [0, 0.05) is 10.9 Å². The van der Waals surface area contributed by atoms with Crippen LogP contribution >= 0.6 is 11.6 Å². The zero-order valence-corrected chi connectivity index (χ0v) is 7.64. The Morgan fingerprint density at radius 2 is 2.15 bits per heavy atom. The lowest BCUT2D eigenvalue weighted by Crippen LogP contribution is -2.04. The van der Waals surface area contributed by atoms with Gasteiger partial charge in [0.25, 0.3) is 0 Å². The minimum atomic E-state index is -0.471. The number of benzene rings is 1. The Morgan fingerprint density at radius 3 is 2.77 bits per heavy atom. The molecule has 0 N–H and O–H groups in total. The van der Waals surface area contributed by atoms with Crippen molar-refractivity contribution in [2.75, 3.05) is 0 Å². The highest BCUT2D eigenvalue weighted by molar-refractivity contribution is 6.31. The van der Waals surface area contributed by atoms with Gasteiger partial charge in [-0.3, -0.25) is 4.79 Å². The van der Waals surface area contributed by atoms with E-state index in [0.717, 1.165) is 12.8 Å². The molecular formula is C10H8ClFO. The summed E-state index contributed by atoms with van der Waals surface area (Å²) in [6, 6.07) is 4.08. The molecule has 0 aromatic heterocycles. The van der Waals surface area contributed by atoms with Crippen LogP contribution in [0, 0.1) is 11.7 Å². The molecule has 1 nitrogen and oxygen atoms in total. The molecule has 1 saturated carbocycles. The highest BCUT2D eigenvalue weighted by Gasteiger charge is 2.31. The molecule has 0 heterocycles. The van der Waals surface area contributed by atoms with Crippen molar-refractivity contribution in [2.45, 2.75) is 12.8 Å². The summed E-state index contributed by atoms with van der Waals surface area (Å²) >= 11 is 5.67. The van der Waals surface area contributed by atoms with E-state index in [1.165, 1.54) is 18.2 Å². The molecule has 1 aromatic carbocycles. The third-order valence-electron chi connectivity index (χ3n) is 2.14. The predicted molar refractivity (Wildman–Crippen MR) is 48.5 cm³/mol. The number of rotatable bonds is 2. The van der Waals surface area contributed by atoms with Crippen molar-refractivity contribution in [3.8, 4) is 0 Å². The van der Waals surface area contributed by atoms with Crippen LogP contribution in [0.3, 0.4) is 0 Å². The van der Waals surface area contributed by atoms with Crippen molar-refractivity contribution >= 4 is 17.4 Å². The fraction of sp³-hybridized carbons (Fsp3) is 0.300. The minimum Gasteiger partial charge on any atom is -0.294 e. The Labute approximate surface area is 80.5 Å². The Bertz CT molecular complexity index is 358. The van der Waals surface area contributed by atoms with Crippen LogP contribution in [0.2, 0.25) is 5.02 Å². The summed E-state index contributed by atoms with van der Waals surface area (Å²) in [6.45, 7) is 0. The molecule has 1 fully saturated rings. The molecular weight excluding hydrogens is 191 g/mol. The van der Waals surface area contributed by atoms with E-state index in [9.17, 15) is 9.18 Å². The highest BCUT2D eigenvalue weighted by atomic mass is 35.5. The van der Waals surface area contributed by atoms with E-state index >= 15 is 0 Å². The van der Waals surface area contributed by atoms with Gasteiger partial charge in [-0.25, -0.2) is 4.39 Å². The number of carbonyl (C=O) groups is 1. The van der Waals surface area contributed by atoms with E-state index in [1.54, 1.807) is 0 Å². The zero-order chi connectivity index (χ0) is 9.42. The molecule has 0 bridgehead atoms. The normalized spacial score (nSPS) is 15.8. The van der Waals surface area contributed by atoms with Crippen LogP contribution in [0.1, 0.15) is 23.2 Å². The van der Waals surface area contributed by atoms with E-state index in [2.05, 4.69) is 0 Å². The average molecular weight is 199 g/mol. The maximum atomic E-state index is 13.1. The summed E-state index contributed by atoms with van der Waals surface area (Å²) < 4.78 is 13.1. The van der Waals surface area contributed by atoms with Gasteiger partial charge in [-0.15, -0.1) is 0 Å². The standard InChI is InChI=1S/C10H8ClFO/c11-7-3-4-9(12)8(5-7)10(13)6-1-2-6/h3-6H,1-2H2. The SMILES string of the molecule is O=C(c1cc(Cl)ccc1F)C1CC1. The lowest BCUT2D eigenvalue weighted by atomic mass is 10.1. The summed E-state index contributed by atoms with van der Waals surface area (Å²) in [5.74, 6) is -0.547. The predicted octanol–water partition coefficient (Wildman–Crippen LogP) is 3.07. The number of halogens is 2. The van der Waals surface area contributed by atoms with E-state index < -0.39 is 5.82 Å². The summed E-state index contributed by atoms with van der Waals surface area (Å²) in [5, 5.41) is 0.408. The number of Topliss-reactive ketones (excluding diaryl/α,β-unsaturated/α-hetero) is 1. The quantitative estimate of drug-likeness (QED) is 0.668. The van der Waals surface area contributed by atoms with Gasteiger partial charge in [0.1, 0.15) is 5.82 Å². The Balaban J connectivity index is 2.37. The average Bonchev–Trinajstić information content (AvgIpc) is 2.91. The summed E-state index contributed by atoms with van der Waals surface area (Å²) in [5.41, 5.74) is 0.134. The second-order valence-electron chi connectivity index (χ2n) is 3.26. The van der Waals surface area contributed by atoms with Crippen LogP contribution in [0.15, 0.2) is 18.2 Å². The molecule has 0 spiro atoms. The number of carbonyl (C=O) groups excluding carboxylic acids is 1. The molecule has 1 aliphatic rings. The smallest absolute Gasteiger partial charge is 0.168 e. The molecule has 0 atom stereocenters. The number of hydrogen-bond donors (Lipinski definition) is 0. The van der Waals surface area contributed by atoms with Gasteiger partial charge in [0.2, 0.25) is 0 Å². The van der Waals surface area contributed by atoms with Gasteiger partial charge in [-0.1, -0.05) is 11.6 Å². The fourth-order valence-corrected chi connectivity index (χ4v) is 1.42. The van der Waals surface area contributed by atoms with Crippen LogP contribution in [-0.4, -0.2) is 5.78 Å². The molecule has 68 valence electrons. The first-order valence-corrected chi connectivity index (χ1v) is 4.55. The first kappa shape index (κ1) is 8.70. The van der Waals surface area contributed by atoms with Gasteiger partial charge in [-0.05, 0) is 31.0 Å². The van der Waals surface area contributed by atoms with Crippen molar-refractivity contribution < 1.29 is 9.18 Å². The van der Waals surface area contributed by atoms with E-state index in [-0.39, 0.29) is 17.3 Å². The largest absolute Gasteiger partial charge is 0.294 e. The first-order valence-electron chi connectivity index (χ1n) is 4.18. The molecule has 0 unspecified atom stereocenters. The van der Waals surface area contributed by atoms with Crippen molar-refractivity contribution in [3.05, 3.63) is 34.6 Å². The highest BCUT2D eigenvalue weighted by Crippen LogP contribution is 2.33. The lowest BCUT2D eigenvalue weighted by molar-refractivity contribution is 0.0963. The van der Waals surface area contributed by atoms with Gasteiger partial charge >= 0.3 is 0 Å². The molecule has 2 rings (SSSR count). The van der Waals surface area contributed by atoms with Crippen molar-refractivity contribution in [3.63, 3.8) is 0 Å². The van der Waals surface area contributed by atoms with Crippen LogP contribution in [0.25, 0.3) is 0 Å². The van der Waals surface area contributed by atoms with E-state index in [4.69, 9.17) is 11.6 Å². The second-order valence-corrected chi connectivity index (χ2v) is 3.70. The summed E-state index contributed by atoms with van der Waals surface area (Å²) in [6.07, 6.45) is 1.76. The van der Waals surface area contributed by atoms with Crippen LogP contribution in [0.4, 0.5) is 4.39 Å². The zero-order valence-electron chi connectivity index (χ0n) is 6.89. The minimum absolute atomic E-state index is 0.0352. The Morgan fingerprint density at radius 1 is 1.46 bits per heavy atom. The molecule has 1 aromatic rings. The van der Waals surface area contributed by atoms with E-state index in [0.29, 0.717) is 5.02 Å². The Hall–Kier alpha value is -0.890. The summed E-state index contributed by atoms with van der Waals surface area (Å²) in [4.78, 5) is 11.5. The molecule has 0 radical (unpaired) electrons.